The Hall–Kier alpha value is -0.940. The van der Waals surface area contributed by atoms with Crippen LogP contribution in [0.3, 0.4) is 0 Å². The Morgan fingerprint density at radius 3 is 2.30 bits per heavy atom. The molecule has 1 aliphatic rings. The second-order valence-electron chi connectivity index (χ2n) is 5.53. The monoisotopic (exact) mass is 303 g/mol. The molecule has 0 radical (unpaired) electrons. The second kappa shape index (κ2) is 5.82. The number of nitrogens with zero attached hydrogens (tertiary/aromatic N) is 3. The minimum Gasteiger partial charge on any atom is -0.353 e. The van der Waals surface area contributed by atoms with E-state index in [0.717, 1.165) is 33.1 Å². The fourth-order valence-electron chi connectivity index (χ4n) is 2.35. The zero-order valence-electron chi connectivity index (χ0n) is 12.0. The van der Waals surface area contributed by atoms with E-state index in [9.17, 15) is 8.78 Å². The number of anilines is 1. The summed E-state index contributed by atoms with van der Waals surface area (Å²) in [6.45, 7) is 8.67. The van der Waals surface area contributed by atoms with Crippen LogP contribution in [0.4, 0.5) is 14.6 Å². The molecule has 20 heavy (non-hydrogen) atoms. The van der Waals surface area contributed by atoms with Crippen molar-refractivity contribution < 1.29 is 8.78 Å². The quantitative estimate of drug-likeness (QED) is 0.853. The molecule has 0 aliphatic carbocycles. The Bertz CT molecular complexity index is 466. The molecule has 1 saturated heterocycles. The molecule has 0 atom stereocenters. The SMILES string of the molecule is CC(C)N1CCN(c2ncc(C(C)(F)F)cc2Cl)CC1. The van der Waals surface area contributed by atoms with Crippen LogP contribution >= 0.6 is 11.6 Å². The molecule has 0 bridgehead atoms. The van der Waals surface area contributed by atoms with Crippen LogP contribution in [0.5, 0.6) is 0 Å². The largest absolute Gasteiger partial charge is 0.353 e. The molecule has 0 spiro atoms. The summed E-state index contributed by atoms with van der Waals surface area (Å²) < 4.78 is 26.5. The Balaban J connectivity index is 2.11. The van der Waals surface area contributed by atoms with Gasteiger partial charge in [0.1, 0.15) is 5.82 Å². The molecule has 0 N–H and O–H groups in total. The summed E-state index contributed by atoms with van der Waals surface area (Å²) in [5.41, 5.74) is -0.146. The van der Waals surface area contributed by atoms with Gasteiger partial charge in [-0.05, 0) is 19.9 Å². The summed E-state index contributed by atoms with van der Waals surface area (Å²) in [4.78, 5) is 8.56. The van der Waals surface area contributed by atoms with Gasteiger partial charge in [0.2, 0.25) is 0 Å². The highest BCUT2D eigenvalue weighted by atomic mass is 35.5. The number of rotatable bonds is 3. The van der Waals surface area contributed by atoms with Gasteiger partial charge in [0, 0.05) is 50.9 Å². The molecule has 0 saturated carbocycles. The molecule has 0 unspecified atom stereocenters. The first kappa shape index (κ1) is 15.4. The second-order valence-corrected chi connectivity index (χ2v) is 5.94. The van der Waals surface area contributed by atoms with Crippen LogP contribution in [0.2, 0.25) is 5.02 Å². The number of piperazine rings is 1. The smallest absolute Gasteiger partial charge is 0.272 e. The van der Waals surface area contributed by atoms with E-state index in [4.69, 9.17) is 11.6 Å². The van der Waals surface area contributed by atoms with Crippen molar-refractivity contribution in [3.8, 4) is 0 Å². The maximum atomic E-state index is 13.2. The lowest BCUT2D eigenvalue weighted by molar-refractivity contribution is 0.0171. The number of pyridine rings is 1. The van der Waals surface area contributed by atoms with Gasteiger partial charge in [-0.2, -0.15) is 0 Å². The summed E-state index contributed by atoms with van der Waals surface area (Å²) in [6.07, 6.45) is 1.22. The minimum atomic E-state index is -2.91. The first-order valence-corrected chi connectivity index (χ1v) is 7.19. The minimum absolute atomic E-state index is 0.146. The topological polar surface area (TPSA) is 19.4 Å². The number of alkyl halides is 2. The number of aromatic nitrogens is 1. The fourth-order valence-corrected chi connectivity index (χ4v) is 2.64. The predicted octanol–water partition coefficient (Wildman–Crippen LogP) is 3.38. The highest BCUT2D eigenvalue weighted by Gasteiger charge is 2.27. The number of halogens is 3. The van der Waals surface area contributed by atoms with Crippen molar-refractivity contribution in [2.24, 2.45) is 0 Å². The van der Waals surface area contributed by atoms with Crippen LogP contribution < -0.4 is 4.90 Å². The van der Waals surface area contributed by atoms with E-state index in [1.807, 2.05) is 0 Å². The van der Waals surface area contributed by atoms with Gasteiger partial charge in [-0.1, -0.05) is 11.6 Å². The van der Waals surface area contributed by atoms with E-state index >= 15 is 0 Å². The Labute approximate surface area is 123 Å². The maximum absolute atomic E-state index is 13.2. The third-order valence-corrected chi connectivity index (χ3v) is 3.95. The Morgan fingerprint density at radius 1 is 1.25 bits per heavy atom. The normalized spacial score (nSPS) is 17.9. The highest BCUT2D eigenvalue weighted by Crippen LogP contribution is 2.32. The van der Waals surface area contributed by atoms with E-state index in [0.29, 0.717) is 16.9 Å². The van der Waals surface area contributed by atoms with Crippen LogP contribution in [-0.4, -0.2) is 42.1 Å². The van der Waals surface area contributed by atoms with Crippen LogP contribution in [0, 0.1) is 0 Å². The first-order valence-electron chi connectivity index (χ1n) is 6.82. The van der Waals surface area contributed by atoms with Gasteiger partial charge in [-0.25, -0.2) is 13.8 Å². The predicted molar refractivity (Wildman–Crippen MR) is 77.7 cm³/mol. The van der Waals surface area contributed by atoms with Crippen molar-refractivity contribution in [1.29, 1.82) is 0 Å². The lowest BCUT2D eigenvalue weighted by Gasteiger charge is -2.37. The van der Waals surface area contributed by atoms with E-state index < -0.39 is 5.92 Å². The van der Waals surface area contributed by atoms with Crippen LogP contribution in [0.1, 0.15) is 26.3 Å². The van der Waals surface area contributed by atoms with Crippen molar-refractivity contribution in [3.05, 3.63) is 22.8 Å². The molecule has 1 aliphatic heterocycles. The average Bonchev–Trinajstić information content (AvgIpc) is 2.37. The molecule has 1 aromatic heterocycles. The highest BCUT2D eigenvalue weighted by molar-refractivity contribution is 6.33. The molecule has 112 valence electrons. The van der Waals surface area contributed by atoms with Gasteiger partial charge >= 0.3 is 0 Å². The molecule has 0 amide bonds. The van der Waals surface area contributed by atoms with Crippen molar-refractivity contribution in [2.45, 2.75) is 32.7 Å². The van der Waals surface area contributed by atoms with Gasteiger partial charge in [0.15, 0.2) is 0 Å². The molecule has 6 heteroatoms. The molecular formula is C14H20ClF2N3. The van der Waals surface area contributed by atoms with Crippen LogP contribution in [0.25, 0.3) is 0 Å². The molecule has 0 aromatic carbocycles. The summed E-state index contributed by atoms with van der Waals surface area (Å²) >= 11 is 6.12. The van der Waals surface area contributed by atoms with Gasteiger partial charge in [0.05, 0.1) is 5.02 Å². The van der Waals surface area contributed by atoms with Gasteiger partial charge < -0.3 is 4.90 Å². The molecule has 2 rings (SSSR count). The van der Waals surface area contributed by atoms with E-state index in [1.165, 1.54) is 12.3 Å². The van der Waals surface area contributed by atoms with E-state index in [-0.39, 0.29) is 5.56 Å². The van der Waals surface area contributed by atoms with Crippen molar-refractivity contribution in [1.82, 2.24) is 9.88 Å². The average molecular weight is 304 g/mol. The third kappa shape index (κ3) is 3.38. The molecule has 1 aromatic rings. The zero-order valence-corrected chi connectivity index (χ0v) is 12.8. The molecular weight excluding hydrogens is 284 g/mol. The van der Waals surface area contributed by atoms with Gasteiger partial charge in [0.25, 0.3) is 5.92 Å². The van der Waals surface area contributed by atoms with Crippen molar-refractivity contribution >= 4 is 17.4 Å². The lowest BCUT2D eigenvalue weighted by Crippen LogP contribution is -2.49. The Morgan fingerprint density at radius 2 is 1.85 bits per heavy atom. The maximum Gasteiger partial charge on any atom is 0.272 e. The van der Waals surface area contributed by atoms with Crippen LogP contribution in [0.15, 0.2) is 12.3 Å². The fraction of sp³-hybridized carbons (Fsp3) is 0.643. The number of hydrogen-bond donors (Lipinski definition) is 0. The standard InChI is InChI=1S/C14H20ClF2N3/c1-10(2)19-4-6-20(7-5-19)13-12(15)8-11(9-18-13)14(3,16)17/h8-10H,4-7H2,1-3H3. The first-order chi connectivity index (χ1) is 9.29. The van der Waals surface area contributed by atoms with Crippen molar-refractivity contribution in [2.75, 3.05) is 31.1 Å². The number of hydrogen-bond acceptors (Lipinski definition) is 3. The third-order valence-electron chi connectivity index (χ3n) is 3.67. The molecule has 1 fully saturated rings. The van der Waals surface area contributed by atoms with E-state index in [2.05, 4.69) is 28.6 Å². The van der Waals surface area contributed by atoms with Crippen LogP contribution in [-0.2, 0) is 5.92 Å². The Kier molecular flexibility index (Phi) is 4.49. The summed E-state index contributed by atoms with van der Waals surface area (Å²) in [7, 11) is 0. The van der Waals surface area contributed by atoms with Gasteiger partial charge in [-0.3, -0.25) is 4.90 Å². The summed E-state index contributed by atoms with van der Waals surface area (Å²) in [5.74, 6) is -2.31. The van der Waals surface area contributed by atoms with Crippen molar-refractivity contribution in [3.63, 3.8) is 0 Å². The summed E-state index contributed by atoms with van der Waals surface area (Å²) in [5, 5.41) is 0.294. The lowest BCUT2D eigenvalue weighted by atomic mass is 10.1. The van der Waals surface area contributed by atoms with E-state index in [1.54, 1.807) is 0 Å². The molecule has 2 heterocycles. The van der Waals surface area contributed by atoms with Gasteiger partial charge in [-0.15, -0.1) is 0 Å². The zero-order chi connectivity index (χ0) is 14.9. The summed E-state index contributed by atoms with van der Waals surface area (Å²) in [6, 6.07) is 1.83. The molecule has 3 nitrogen and oxygen atoms in total.